The van der Waals surface area contributed by atoms with Gasteiger partial charge in [0, 0.05) is 43.0 Å². The minimum atomic E-state index is 0.110. The van der Waals surface area contributed by atoms with Crippen molar-refractivity contribution >= 4 is 5.91 Å². The number of piperidine rings is 1. The third kappa shape index (κ3) is 4.12. The standard InChI is InChI=1S/C21H29N3O/c1-16(2)21(25)23-12-9-18(10-13-23)11-14-24-17(3)15-22-20(24)19-7-5-4-6-8-19/h4-8,15-16,18H,9-14H2,1-3H3. The number of amides is 1. The van der Waals surface area contributed by atoms with Crippen molar-refractivity contribution in [2.45, 2.75) is 46.6 Å². The van der Waals surface area contributed by atoms with Crippen molar-refractivity contribution in [1.82, 2.24) is 14.5 Å². The van der Waals surface area contributed by atoms with Crippen LogP contribution in [0.15, 0.2) is 36.5 Å². The van der Waals surface area contributed by atoms with Gasteiger partial charge in [0.25, 0.3) is 0 Å². The molecule has 134 valence electrons. The molecule has 0 bridgehead atoms. The minimum absolute atomic E-state index is 0.110. The Labute approximate surface area is 150 Å². The van der Waals surface area contributed by atoms with Crippen molar-refractivity contribution < 1.29 is 4.79 Å². The summed E-state index contributed by atoms with van der Waals surface area (Å²) in [7, 11) is 0. The molecule has 1 aliphatic rings. The fraction of sp³-hybridized carbons (Fsp3) is 0.524. The van der Waals surface area contributed by atoms with E-state index in [9.17, 15) is 4.79 Å². The molecular formula is C21H29N3O. The number of carbonyl (C=O) groups excluding carboxylic acids is 1. The summed E-state index contributed by atoms with van der Waals surface area (Å²) in [6.07, 6.45) is 5.35. The maximum atomic E-state index is 12.1. The predicted molar refractivity (Wildman–Crippen MR) is 101 cm³/mol. The summed E-state index contributed by atoms with van der Waals surface area (Å²) in [5.74, 6) is 2.17. The largest absolute Gasteiger partial charge is 0.342 e. The van der Waals surface area contributed by atoms with Crippen LogP contribution in [0.3, 0.4) is 0 Å². The van der Waals surface area contributed by atoms with E-state index < -0.39 is 0 Å². The third-order valence-corrected chi connectivity index (χ3v) is 5.27. The SMILES string of the molecule is Cc1cnc(-c2ccccc2)n1CCC1CCN(C(=O)C(C)C)CC1. The lowest BCUT2D eigenvalue weighted by Gasteiger charge is -2.33. The number of likely N-dealkylation sites (tertiary alicyclic amines) is 1. The Bertz CT molecular complexity index is 697. The van der Waals surface area contributed by atoms with Crippen molar-refractivity contribution in [2.24, 2.45) is 11.8 Å². The molecule has 0 radical (unpaired) electrons. The van der Waals surface area contributed by atoms with Gasteiger partial charge < -0.3 is 9.47 Å². The van der Waals surface area contributed by atoms with Gasteiger partial charge in [0.05, 0.1) is 0 Å². The van der Waals surface area contributed by atoms with Crippen LogP contribution in [0.4, 0.5) is 0 Å². The van der Waals surface area contributed by atoms with E-state index >= 15 is 0 Å². The van der Waals surface area contributed by atoms with Crippen LogP contribution in [0.2, 0.25) is 0 Å². The molecule has 3 rings (SSSR count). The van der Waals surface area contributed by atoms with E-state index in [1.807, 2.05) is 31.0 Å². The van der Waals surface area contributed by atoms with Crippen LogP contribution in [0.1, 0.15) is 38.8 Å². The molecule has 1 amide bonds. The number of nitrogens with zero attached hydrogens (tertiary/aromatic N) is 3. The number of carbonyl (C=O) groups is 1. The predicted octanol–water partition coefficient (Wildman–Crippen LogP) is 4.14. The summed E-state index contributed by atoms with van der Waals surface area (Å²) in [6, 6.07) is 10.4. The Morgan fingerprint density at radius 1 is 1.20 bits per heavy atom. The van der Waals surface area contributed by atoms with E-state index in [4.69, 9.17) is 0 Å². The number of rotatable bonds is 5. The molecule has 0 spiro atoms. The van der Waals surface area contributed by atoms with Crippen molar-refractivity contribution in [1.29, 1.82) is 0 Å². The normalized spacial score (nSPS) is 15.8. The quantitative estimate of drug-likeness (QED) is 0.821. The number of hydrogen-bond donors (Lipinski definition) is 0. The van der Waals surface area contributed by atoms with Crippen molar-refractivity contribution in [3.63, 3.8) is 0 Å². The number of aromatic nitrogens is 2. The van der Waals surface area contributed by atoms with Gasteiger partial charge >= 0.3 is 0 Å². The molecule has 0 N–H and O–H groups in total. The van der Waals surface area contributed by atoms with Gasteiger partial charge in [-0.25, -0.2) is 4.98 Å². The summed E-state index contributed by atoms with van der Waals surface area (Å²) in [5.41, 5.74) is 2.39. The third-order valence-electron chi connectivity index (χ3n) is 5.27. The number of hydrogen-bond acceptors (Lipinski definition) is 2. The Balaban J connectivity index is 1.59. The van der Waals surface area contributed by atoms with E-state index in [-0.39, 0.29) is 5.92 Å². The van der Waals surface area contributed by atoms with Gasteiger partial charge in [-0.05, 0) is 32.1 Å². The second-order valence-electron chi connectivity index (χ2n) is 7.45. The number of benzene rings is 1. The lowest BCUT2D eigenvalue weighted by molar-refractivity contribution is -0.135. The first-order chi connectivity index (χ1) is 12.1. The van der Waals surface area contributed by atoms with E-state index in [1.165, 1.54) is 11.3 Å². The highest BCUT2D eigenvalue weighted by Crippen LogP contribution is 2.25. The molecule has 1 saturated heterocycles. The summed E-state index contributed by atoms with van der Waals surface area (Å²) in [6.45, 7) is 8.93. The smallest absolute Gasteiger partial charge is 0.225 e. The van der Waals surface area contributed by atoms with Gasteiger partial charge in [-0.2, -0.15) is 0 Å². The molecule has 2 aromatic rings. The summed E-state index contributed by atoms with van der Waals surface area (Å²) in [4.78, 5) is 18.8. The van der Waals surface area contributed by atoms with Gasteiger partial charge in [0.15, 0.2) is 0 Å². The number of imidazole rings is 1. The van der Waals surface area contributed by atoms with Gasteiger partial charge in [0.2, 0.25) is 5.91 Å². The van der Waals surface area contributed by atoms with Gasteiger partial charge in [0.1, 0.15) is 5.82 Å². The van der Waals surface area contributed by atoms with Crippen LogP contribution in [0, 0.1) is 18.8 Å². The van der Waals surface area contributed by atoms with E-state index in [0.29, 0.717) is 11.8 Å². The summed E-state index contributed by atoms with van der Waals surface area (Å²) in [5, 5.41) is 0. The monoisotopic (exact) mass is 339 g/mol. The Kier molecular flexibility index (Phi) is 5.57. The van der Waals surface area contributed by atoms with Gasteiger partial charge in [-0.15, -0.1) is 0 Å². The maximum Gasteiger partial charge on any atom is 0.225 e. The molecule has 0 atom stereocenters. The second-order valence-corrected chi connectivity index (χ2v) is 7.45. The molecule has 0 saturated carbocycles. The highest BCUT2D eigenvalue weighted by Gasteiger charge is 2.24. The van der Waals surface area contributed by atoms with Crippen LogP contribution in [-0.2, 0) is 11.3 Å². The average molecular weight is 339 g/mol. The van der Waals surface area contributed by atoms with E-state index in [2.05, 4.69) is 40.7 Å². The Morgan fingerprint density at radius 3 is 2.52 bits per heavy atom. The molecule has 0 aliphatic carbocycles. The van der Waals surface area contributed by atoms with Crippen LogP contribution < -0.4 is 0 Å². The fourth-order valence-corrected chi connectivity index (χ4v) is 3.68. The molecule has 1 aliphatic heterocycles. The zero-order valence-electron chi connectivity index (χ0n) is 15.6. The lowest BCUT2D eigenvalue weighted by Crippen LogP contribution is -2.40. The Hall–Kier alpha value is -2.10. The zero-order chi connectivity index (χ0) is 17.8. The first-order valence-electron chi connectivity index (χ1n) is 9.42. The highest BCUT2D eigenvalue weighted by atomic mass is 16.2. The molecule has 1 aromatic heterocycles. The van der Waals surface area contributed by atoms with Crippen LogP contribution in [0.5, 0.6) is 0 Å². The zero-order valence-corrected chi connectivity index (χ0v) is 15.6. The van der Waals surface area contributed by atoms with E-state index in [1.54, 1.807) is 0 Å². The lowest BCUT2D eigenvalue weighted by atomic mass is 9.93. The maximum absolute atomic E-state index is 12.1. The Morgan fingerprint density at radius 2 is 1.88 bits per heavy atom. The van der Waals surface area contributed by atoms with Gasteiger partial charge in [-0.1, -0.05) is 44.2 Å². The molecule has 25 heavy (non-hydrogen) atoms. The van der Waals surface area contributed by atoms with Crippen LogP contribution in [0.25, 0.3) is 11.4 Å². The van der Waals surface area contributed by atoms with E-state index in [0.717, 1.165) is 44.7 Å². The highest BCUT2D eigenvalue weighted by molar-refractivity contribution is 5.78. The fourth-order valence-electron chi connectivity index (χ4n) is 3.68. The second kappa shape index (κ2) is 7.85. The molecule has 0 unspecified atom stereocenters. The first-order valence-corrected chi connectivity index (χ1v) is 9.42. The first kappa shape index (κ1) is 17.7. The van der Waals surface area contributed by atoms with Gasteiger partial charge in [-0.3, -0.25) is 4.79 Å². The molecule has 1 aromatic carbocycles. The van der Waals surface area contributed by atoms with Crippen molar-refractivity contribution in [3.05, 3.63) is 42.2 Å². The number of aryl methyl sites for hydroxylation is 1. The summed E-state index contributed by atoms with van der Waals surface area (Å²) < 4.78 is 2.33. The molecule has 2 heterocycles. The van der Waals surface area contributed by atoms with Crippen molar-refractivity contribution in [3.8, 4) is 11.4 Å². The summed E-state index contributed by atoms with van der Waals surface area (Å²) >= 11 is 0. The van der Waals surface area contributed by atoms with Crippen LogP contribution >= 0.6 is 0 Å². The minimum Gasteiger partial charge on any atom is -0.342 e. The molecular weight excluding hydrogens is 310 g/mol. The van der Waals surface area contributed by atoms with Crippen molar-refractivity contribution in [2.75, 3.05) is 13.1 Å². The average Bonchev–Trinajstić information content (AvgIpc) is 3.01. The topological polar surface area (TPSA) is 38.1 Å². The molecule has 4 heteroatoms. The van der Waals surface area contributed by atoms with Crippen LogP contribution in [-0.4, -0.2) is 33.4 Å². The molecule has 4 nitrogen and oxygen atoms in total. The molecule has 1 fully saturated rings.